The average Bonchev–Trinajstić information content (AvgIpc) is 2.92. The van der Waals surface area contributed by atoms with Crippen LogP contribution in [0.2, 0.25) is 0 Å². The van der Waals surface area contributed by atoms with E-state index in [9.17, 15) is 0 Å². The summed E-state index contributed by atoms with van der Waals surface area (Å²) in [5, 5.41) is 10.1. The van der Waals surface area contributed by atoms with E-state index in [0.29, 0.717) is 22.4 Å². The van der Waals surface area contributed by atoms with Crippen LogP contribution in [0.3, 0.4) is 0 Å². The Kier molecular flexibility index (Phi) is 4.17. The first kappa shape index (κ1) is 14.0. The Morgan fingerprint density at radius 1 is 1.58 bits per heavy atom. The molecule has 1 aromatic heterocycles. The fourth-order valence-electron chi connectivity index (χ4n) is 2.60. The van der Waals surface area contributed by atoms with E-state index in [0.717, 1.165) is 18.1 Å². The molecule has 1 aliphatic heterocycles. The third-order valence-corrected chi connectivity index (χ3v) is 4.53. The number of nitrogens with two attached hydrogens (primary N) is 1. The summed E-state index contributed by atoms with van der Waals surface area (Å²) in [5.74, 6) is 0.659. The van der Waals surface area contributed by atoms with Crippen molar-refractivity contribution in [2.45, 2.75) is 18.9 Å². The Morgan fingerprint density at radius 2 is 2.32 bits per heavy atom. The van der Waals surface area contributed by atoms with Gasteiger partial charge in [0.25, 0.3) is 0 Å². The van der Waals surface area contributed by atoms with Crippen molar-refractivity contribution in [1.82, 2.24) is 4.90 Å². The van der Waals surface area contributed by atoms with E-state index in [-0.39, 0.29) is 0 Å². The predicted molar refractivity (Wildman–Crippen MR) is 78.9 cm³/mol. The topological polar surface area (TPSA) is 65.5 Å². The number of anilines is 2. The molecule has 2 heterocycles. The fourth-order valence-corrected chi connectivity index (χ4v) is 3.69. The monoisotopic (exact) mass is 280 g/mol. The molecule has 2 N–H and O–H groups in total. The van der Waals surface area contributed by atoms with Crippen molar-refractivity contribution in [1.29, 1.82) is 5.26 Å². The number of rotatable bonds is 4. The third-order valence-electron chi connectivity index (χ3n) is 3.40. The summed E-state index contributed by atoms with van der Waals surface area (Å²) in [6.07, 6.45) is 2.34. The second-order valence-corrected chi connectivity index (χ2v) is 6.05. The van der Waals surface area contributed by atoms with Crippen LogP contribution >= 0.6 is 11.3 Å². The molecule has 0 radical (unpaired) electrons. The lowest BCUT2D eigenvalue weighted by Gasteiger charge is -2.28. The molecule has 2 rings (SSSR count). The Balaban J connectivity index is 2.33. The summed E-state index contributed by atoms with van der Waals surface area (Å²) < 4.78 is 5.40. The second kappa shape index (κ2) is 5.68. The number of nitrogen functional groups attached to an aromatic ring is 1. The molecule has 0 spiro atoms. The molecule has 0 saturated carbocycles. The summed E-state index contributed by atoms with van der Waals surface area (Å²) >= 11 is 1.44. The van der Waals surface area contributed by atoms with Crippen LogP contribution in [0.1, 0.15) is 17.7 Å². The summed E-state index contributed by atoms with van der Waals surface area (Å²) in [6.45, 7) is 2.00. The van der Waals surface area contributed by atoms with Gasteiger partial charge in [0.15, 0.2) is 5.75 Å². The maximum absolute atomic E-state index is 9.10. The summed E-state index contributed by atoms with van der Waals surface area (Å²) in [5.41, 5.74) is 6.44. The fraction of sp³-hybridized carbons (Fsp3) is 0.615. The van der Waals surface area contributed by atoms with Gasteiger partial charge < -0.3 is 20.3 Å². The van der Waals surface area contributed by atoms with Crippen LogP contribution in [-0.4, -0.2) is 45.2 Å². The molecule has 6 heteroatoms. The minimum absolute atomic E-state index is 0.466. The second-order valence-electron chi connectivity index (χ2n) is 5.05. The highest BCUT2D eigenvalue weighted by Gasteiger charge is 2.30. The van der Waals surface area contributed by atoms with Gasteiger partial charge in [0.1, 0.15) is 21.6 Å². The minimum atomic E-state index is 0.466. The van der Waals surface area contributed by atoms with E-state index >= 15 is 0 Å². The lowest BCUT2D eigenvalue weighted by atomic mass is 10.2. The number of methoxy groups -OCH3 is 1. The van der Waals surface area contributed by atoms with E-state index in [1.807, 2.05) is 0 Å². The lowest BCUT2D eigenvalue weighted by Crippen LogP contribution is -2.37. The highest BCUT2D eigenvalue weighted by atomic mass is 32.1. The number of likely N-dealkylation sites (N-methyl/N-ethyl adjacent to an activating group) is 1. The number of nitriles is 1. The van der Waals surface area contributed by atoms with Crippen molar-refractivity contribution in [3.63, 3.8) is 0 Å². The van der Waals surface area contributed by atoms with Gasteiger partial charge in [0.2, 0.25) is 0 Å². The minimum Gasteiger partial charge on any atom is -0.492 e. The quantitative estimate of drug-likeness (QED) is 0.910. The molecule has 1 aromatic rings. The van der Waals surface area contributed by atoms with Crippen LogP contribution in [0.5, 0.6) is 5.75 Å². The Morgan fingerprint density at radius 3 is 2.89 bits per heavy atom. The molecule has 0 aromatic carbocycles. The van der Waals surface area contributed by atoms with Crippen LogP contribution in [0.25, 0.3) is 0 Å². The van der Waals surface area contributed by atoms with Crippen molar-refractivity contribution >= 4 is 22.0 Å². The van der Waals surface area contributed by atoms with Gasteiger partial charge in [0, 0.05) is 19.1 Å². The van der Waals surface area contributed by atoms with E-state index < -0.39 is 0 Å². The third kappa shape index (κ3) is 2.62. The normalized spacial score (nSPS) is 18.9. The van der Waals surface area contributed by atoms with E-state index in [4.69, 9.17) is 15.7 Å². The summed E-state index contributed by atoms with van der Waals surface area (Å²) in [6, 6.07) is 2.61. The van der Waals surface area contributed by atoms with E-state index in [1.54, 1.807) is 7.11 Å². The first-order valence-electron chi connectivity index (χ1n) is 6.36. The molecule has 1 unspecified atom stereocenters. The van der Waals surface area contributed by atoms with Crippen LogP contribution in [0.15, 0.2) is 0 Å². The van der Waals surface area contributed by atoms with E-state index in [1.165, 1.54) is 24.2 Å². The number of hydrogen-bond donors (Lipinski definition) is 1. The molecule has 0 aliphatic carbocycles. The number of hydrogen-bond acceptors (Lipinski definition) is 6. The van der Waals surface area contributed by atoms with Crippen molar-refractivity contribution in [2.75, 3.05) is 44.9 Å². The van der Waals surface area contributed by atoms with Gasteiger partial charge in [-0.15, -0.1) is 11.3 Å². The molecule has 1 aliphatic rings. The zero-order valence-electron chi connectivity index (χ0n) is 11.6. The van der Waals surface area contributed by atoms with Crippen LogP contribution in [0, 0.1) is 11.3 Å². The Labute approximate surface area is 118 Å². The molecule has 1 atom stereocenters. The highest BCUT2D eigenvalue weighted by Crippen LogP contribution is 2.46. The molecular weight excluding hydrogens is 260 g/mol. The van der Waals surface area contributed by atoms with E-state index in [2.05, 4.69) is 30.0 Å². The highest BCUT2D eigenvalue weighted by molar-refractivity contribution is 7.17. The largest absolute Gasteiger partial charge is 0.492 e. The van der Waals surface area contributed by atoms with Gasteiger partial charge in [0.05, 0.1) is 7.11 Å². The molecule has 104 valence electrons. The number of nitrogens with zero attached hydrogens (tertiary/aromatic N) is 3. The van der Waals surface area contributed by atoms with Crippen molar-refractivity contribution in [3.05, 3.63) is 4.88 Å². The summed E-state index contributed by atoms with van der Waals surface area (Å²) in [7, 11) is 5.77. The van der Waals surface area contributed by atoms with Gasteiger partial charge in [-0.25, -0.2) is 0 Å². The molecular formula is C13H20N4OS. The lowest BCUT2D eigenvalue weighted by molar-refractivity contribution is 0.370. The van der Waals surface area contributed by atoms with Crippen molar-refractivity contribution < 1.29 is 4.74 Å². The predicted octanol–water partition coefficient (Wildman–Crippen LogP) is 1.74. The van der Waals surface area contributed by atoms with Crippen LogP contribution in [0.4, 0.5) is 10.7 Å². The molecule has 1 fully saturated rings. The Hall–Kier alpha value is -1.45. The molecule has 0 bridgehead atoms. The van der Waals surface area contributed by atoms with Gasteiger partial charge in [-0.3, -0.25) is 0 Å². The zero-order valence-corrected chi connectivity index (χ0v) is 12.5. The molecule has 0 amide bonds. The maximum Gasteiger partial charge on any atom is 0.177 e. The van der Waals surface area contributed by atoms with Gasteiger partial charge in [-0.1, -0.05) is 0 Å². The first-order chi connectivity index (χ1) is 9.08. The number of thiophene rings is 1. The van der Waals surface area contributed by atoms with Gasteiger partial charge >= 0.3 is 0 Å². The molecule has 19 heavy (non-hydrogen) atoms. The zero-order chi connectivity index (χ0) is 14.0. The maximum atomic E-state index is 9.10. The average molecular weight is 280 g/mol. The van der Waals surface area contributed by atoms with Gasteiger partial charge in [-0.2, -0.15) is 5.26 Å². The summed E-state index contributed by atoms with van der Waals surface area (Å²) in [4.78, 5) is 5.07. The molecule has 5 nitrogen and oxygen atoms in total. The smallest absolute Gasteiger partial charge is 0.177 e. The van der Waals surface area contributed by atoms with Crippen LogP contribution < -0.4 is 15.4 Å². The standard InChI is InChI=1S/C13H20N4OS/c1-16(2)8-9-5-4-6-17(9)13-12(18-3)11(15)10(7-14)19-13/h9H,4-6,8,15H2,1-3H3. The first-order valence-corrected chi connectivity index (χ1v) is 7.17. The number of ether oxygens (including phenoxy) is 1. The Bertz CT molecular complexity index is 492. The van der Waals surface area contributed by atoms with Crippen molar-refractivity contribution in [2.24, 2.45) is 0 Å². The van der Waals surface area contributed by atoms with Gasteiger partial charge in [-0.05, 0) is 26.9 Å². The SMILES string of the molecule is COc1c(N2CCCC2CN(C)C)sc(C#N)c1N. The van der Waals surface area contributed by atoms with Crippen LogP contribution in [-0.2, 0) is 0 Å². The van der Waals surface area contributed by atoms with Crippen molar-refractivity contribution in [3.8, 4) is 11.8 Å². The molecule has 1 saturated heterocycles.